The first-order chi connectivity index (χ1) is 13.8. The second-order valence-corrected chi connectivity index (χ2v) is 7.80. The van der Waals surface area contributed by atoms with E-state index in [9.17, 15) is 17.6 Å². The Morgan fingerprint density at radius 2 is 1.86 bits per heavy atom. The van der Waals surface area contributed by atoms with Crippen LogP contribution in [-0.4, -0.2) is 19.3 Å². The summed E-state index contributed by atoms with van der Waals surface area (Å²) in [6, 6.07) is 13.2. The van der Waals surface area contributed by atoms with E-state index in [0.717, 1.165) is 0 Å². The van der Waals surface area contributed by atoms with Crippen LogP contribution in [0.5, 0.6) is 5.75 Å². The van der Waals surface area contributed by atoms with E-state index < -0.39 is 10.0 Å². The number of sulfonamides is 1. The lowest BCUT2D eigenvalue weighted by Gasteiger charge is -2.12. The number of carbonyl (C=O) groups excluding carboxylic acids is 1. The van der Waals surface area contributed by atoms with Gasteiger partial charge in [0.15, 0.2) is 0 Å². The Morgan fingerprint density at radius 3 is 2.52 bits per heavy atom. The molecule has 0 fully saturated rings. The van der Waals surface area contributed by atoms with Crippen molar-refractivity contribution in [1.29, 1.82) is 0 Å². The minimum Gasteiger partial charge on any atom is -0.489 e. The number of halogens is 1. The van der Waals surface area contributed by atoms with Gasteiger partial charge in [-0.15, -0.1) is 0 Å². The highest BCUT2D eigenvalue weighted by molar-refractivity contribution is 7.89. The quantitative estimate of drug-likeness (QED) is 0.616. The molecule has 150 valence electrons. The van der Waals surface area contributed by atoms with Gasteiger partial charge in [0, 0.05) is 30.2 Å². The Labute approximate surface area is 167 Å². The maximum Gasteiger partial charge on any atom is 0.238 e. The van der Waals surface area contributed by atoms with Gasteiger partial charge in [0.25, 0.3) is 0 Å². The lowest BCUT2D eigenvalue weighted by atomic mass is 10.2. The van der Waals surface area contributed by atoms with E-state index in [1.807, 2.05) is 0 Å². The summed E-state index contributed by atoms with van der Waals surface area (Å²) in [5, 5.41) is 7.86. The summed E-state index contributed by atoms with van der Waals surface area (Å²) < 4.78 is 42.2. The third-order valence-corrected chi connectivity index (χ3v) is 4.79. The van der Waals surface area contributed by atoms with Crippen molar-refractivity contribution in [3.63, 3.8) is 0 Å². The maximum absolute atomic E-state index is 13.0. The summed E-state index contributed by atoms with van der Waals surface area (Å²) in [4.78, 5) is 16.0. The van der Waals surface area contributed by atoms with Gasteiger partial charge >= 0.3 is 0 Å². The fraction of sp³-hybridized carbons (Fsp3) is 0.100. The van der Waals surface area contributed by atoms with E-state index in [1.54, 1.807) is 36.7 Å². The molecule has 3 rings (SSSR count). The van der Waals surface area contributed by atoms with Gasteiger partial charge in [0.2, 0.25) is 15.9 Å². The number of nitrogens with two attached hydrogens (primary N) is 1. The average Bonchev–Trinajstić information content (AvgIpc) is 2.67. The summed E-state index contributed by atoms with van der Waals surface area (Å²) in [6.45, 7) is 0.0808. The molecule has 1 heterocycles. The highest BCUT2D eigenvalue weighted by atomic mass is 32.2. The normalized spacial score (nSPS) is 11.1. The number of carbonyl (C=O) groups is 1. The zero-order valence-electron chi connectivity index (χ0n) is 15.2. The predicted octanol–water partition coefficient (Wildman–Crippen LogP) is 2.63. The third kappa shape index (κ3) is 6.09. The van der Waals surface area contributed by atoms with Crippen molar-refractivity contribution in [3.05, 3.63) is 83.9 Å². The van der Waals surface area contributed by atoms with Crippen molar-refractivity contribution in [2.75, 3.05) is 5.32 Å². The van der Waals surface area contributed by atoms with Crippen LogP contribution >= 0.6 is 0 Å². The molecule has 3 N–H and O–H groups in total. The third-order valence-electron chi connectivity index (χ3n) is 3.90. The fourth-order valence-electron chi connectivity index (χ4n) is 2.53. The van der Waals surface area contributed by atoms with E-state index in [2.05, 4.69) is 10.3 Å². The molecule has 3 aromatic rings. The van der Waals surface area contributed by atoms with Crippen molar-refractivity contribution in [2.24, 2.45) is 5.14 Å². The molecule has 0 bridgehead atoms. The van der Waals surface area contributed by atoms with Crippen LogP contribution in [0.25, 0.3) is 0 Å². The zero-order valence-corrected chi connectivity index (χ0v) is 16.0. The summed E-state index contributed by atoms with van der Waals surface area (Å²) in [7, 11) is -4.02. The molecule has 0 aliphatic rings. The van der Waals surface area contributed by atoms with Crippen LogP contribution < -0.4 is 15.2 Å². The first-order valence-corrected chi connectivity index (χ1v) is 10.1. The number of rotatable bonds is 7. The molecule has 0 atom stereocenters. The Kier molecular flexibility index (Phi) is 6.20. The number of nitrogens with zero attached hydrogens (tertiary/aromatic N) is 1. The summed E-state index contributed by atoms with van der Waals surface area (Å²) in [6.07, 6.45) is 3.23. The molecule has 0 radical (unpaired) electrons. The van der Waals surface area contributed by atoms with Gasteiger partial charge in [0.05, 0.1) is 11.3 Å². The summed E-state index contributed by atoms with van der Waals surface area (Å²) in [5.74, 6) is -0.532. The lowest BCUT2D eigenvalue weighted by Crippen LogP contribution is -2.16. The van der Waals surface area contributed by atoms with Crippen LogP contribution in [0.3, 0.4) is 0 Å². The van der Waals surface area contributed by atoms with Crippen molar-refractivity contribution in [1.82, 2.24) is 4.98 Å². The monoisotopic (exact) mass is 415 g/mol. The molecule has 7 nitrogen and oxygen atoms in total. The lowest BCUT2D eigenvalue weighted by molar-refractivity contribution is -0.115. The van der Waals surface area contributed by atoms with Crippen molar-refractivity contribution in [2.45, 2.75) is 17.9 Å². The minimum absolute atomic E-state index is 0.0687. The van der Waals surface area contributed by atoms with Gasteiger partial charge in [-0.2, -0.15) is 0 Å². The number of hydrogen-bond donors (Lipinski definition) is 2. The van der Waals surface area contributed by atoms with E-state index in [0.29, 0.717) is 11.1 Å². The minimum atomic E-state index is -4.02. The molecule has 0 spiro atoms. The number of amides is 1. The summed E-state index contributed by atoms with van der Waals surface area (Å²) >= 11 is 0. The largest absolute Gasteiger partial charge is 0.489 e. The van der Waals surface area contributed by atoms with Crippen molar-refractivity contribution in [3.8, 4) is 5.75 Å². The van der Waals surface area contributed by atoms with Crippen LogP contribution in [0.4, 0.5) is 10.1 Å². The van der Waals surface area contributed by atoms with Crippen LogP contribution in [0.15, 0.2) is 71.9 Å². The molecule has 29 heavy (non-hydrogen) atoms. The first-order valence-electron chi connectivity index (χ1n) is 8.53. The van der Waals surface area contributed by atoms with Gasteiger partial charge in [-0.05, 0) is 35.4 Å². The molecule has 1 amide bonds. The van der Waals surface area contributed by atoms with Crippen molar-refractivity contribution >= 4 is 21.6 Å². The van der Waals surface area contributed by atoms with Gasteiger partial charge in [-0.3, -0.25) is 9.78 Å². The Bertz CT molecular complexity index is 1100. The van der Waals surface area contributed by atoms with Crippen LogP contribution in [-0.2, 0) is 27.8 Å². The molecular weight excluding hydrogens is 397 g/mol. The number of pyridine rings is 1. The molecule has 0 aliphatic heterocycles. The molecule has 2 aromatic carbocycles. The molecule has 9 heteroatoms. The average molecular weight is 415 g/mol. The van der Waals surface area contributed by atoms with Gasteiger partial charge in [0.1, 0.15) is 18.2 Å². The Balaban J connectivity index is 1.78. The topological polar surface area (TPSA) is 111 Å². The number of hydrogen-bond acceptors (Lipinski definition) is 5. The van der Waals surface area contributed by atoms with Gasteiger partial charge in [-0.25, -0.2) is 17.9 Å². The van der Waals surface area contributed by atoms with Crippen LogP contribution in [0.1, 0.15) is 11.1 Å². The molecule has 0 saturated carbocycles. The number of primary sulfonamides is 1. The maximum atomic E-state index is 13.0. The van der Waals surface area contributed by atoms with Gasteiger partial charge in [-0.1, -0.05) is 18.2 Å². The number of aromatic nitrogens is 1. The van der Waals surface area contributed by atoms with Gasteiger partial charge < -0.3 is 10.1 Å². The van der Waals surface area contributed by atoms with E-state index >= 15 is 0 Å². The number of ether oxygens (including phenoxy) is 1. The fourth-order valence-corrected chi connectivity index (χ4v) is 3.10. The Hall–Kier alpha value is -3.30. The molecule has 0 saturated heterocycles. The van der Waals surface area contributed by atoms with E-state index in [-0.39, 0.29) is 41.1 Å². The second kappa shape index (κ2) is 8.80. The van der Waals surface area contributed by atoms with Crippen LogP contribution in [0, 0.1) is 5.82 Å². The van der Waals surface area contributed by atoms with E-state index in [4.69, 9.17) is 9.88 Å². The molecular formula is C20H18FN3O4S. The smallest absolute Gasteiger partial charge is 0.238 e. The molecule has 1 aromatic heterocycles. The van der Waals surface area contributed by atoms with Crippen molar-refractivity contribution < 1.29 is 22.3 Å². The second-order valence-electron chi connectivity index (χ2n) is 6.24. The highest BCUT2D eigenvalue weighted by Crippen LogP contribution is 2.25. The molecule has 0 aliphatic carbocycles. The number of anilines is 1. The standard InChI is InChI=1S/C20H18FN3O4S/c21-16-5-3-14(4-6-16)13-28-18-9-17(10-19(11-18)29(22,26)27)24-20(25)8-15-2-1-7-23-12-15/h1-7,9-12H,8,13H2,(H,24,25)(H2,22,26,27). The number of benzene rings is 2. The highest BCUT2D eigenvalue weighted by Gasteiger charge is 2.14. The van der Waals surface area contributed by atoms with Crippen LogP contribution in [0.2, 0.25) is 0 Å². The van der Waals surface area contributed by atoms with E-state index in [1.165, 1.54) is 30.3 Å². The predicted molar refractivity (Wildman–Crippen MR) is 105 cm³/mol. The summed E-state index contributed by atoms with van der Waals surface area (Å²) in [5.41, 5.74) is 1.62. The Morgan fingerprint density at radius 1 is 1.10 bits per heavy atom. The molecule has 0 unspecified atom stereocenters. The number of nitrogens with one attached hydrogen (secondary N) is 1. The SMILES string of the molecule is NS(=O)(=O)c1cc(NC(=O)Cc2cccnc2)cc(OCc2ccc(F)cc2)c1. The first kappa shape index (κ1) is 20.4. The zero-order chi connectivity index (χ0) is 20.9.